The maximum atomic E-state index is 12.4. The number of methoxy groups -OCH3 is 1. The molecule has 0 aliphatic heterocycles. The number of hydrogen-bond acceptors (Lipinski definition) is 4. The van der Waals surface area contributed by atoms with Gasteiger partial charge in [-0.1, -0.05) is 30.3 Å². The molecule has 0 amide bonds. The number of nitrogens with one attached hydrogen (secondary N) is 1. The Bertz CT molecular complexity index is 939. The molecule has 0 atom stereocenters. The highest BCUT2D eigenvalue weighted by molar-refractivity contribution is 7.98. The fraction of sp³-hybridized carbons (Fsp3) is 0.100. The number of ether oxygens (including phenoxy) is 1. The summed E-state index contributed by atoms with van der Waals surface area (Å²) in [6, 6.07) is 23.9. The summed E-state index contributed by atoms with van der Waals surface area (Å²) in [6.07, 6.45) is 0. The van der Waals surface area contributed by atoms with Gasteiger partial charge in [-0.05, 0) is 54.1 Å². The van der Waals surface area contributed by atoms with Gasteiger partial charge >= 0.3 is 0 Å². The van der Waals surface area contributed by atoms with E-state index < -0.39 is 10.0 Å². The van der Waals surface area contributed by atoms with Crippen LogP contribution in [0.4, 0.5) is 5.69 Å². The summed E-state index contributed by atoms with van der Waals surface area (Å²) in [4.78, 5) is 1.40. The molecule has 134 valence electrons. The summed E-state index contributed by atoms with van der Waals surface area (Å²) in [5.74, 6) is 1.44. The Hall–Kier alpha value is -2.44. The van der Waals surface area contributed by atoms with E-state index in [1.807, 2.05) is 30.3 Å². The molecule has 0 aliphatic carbocycles. The molecule has 6 heteroatoms. The highest BCUT2D eigenvalue weighted by atomic mass is 32.2. The number of hydrogen-bond donors (Lipinski definition) is 1. The van der Waals surface area contributed by atoms with Crippen LogP contribution in [0.1, 0.15) is 5.56 Å². The van der Waals surface area contributed by atoms with E-state index in [0.717, 1.165) is 11.3 Å². The van der Waals surface area contributed by atoms with E-state index in [2.05, 4.69) is 16.9 Å². The first kappa shape index (κ1) is 18.4. The molecule has 0 unspecified atom stereocenters. The van der Waals surface area contributed by atoms with Crippen LogP contribution in [0.15, 0.2) is 88.7 Å². The normalized spacial score (nSPS) is 11.1. The standard InChI is InChI=1S/C20H19NO3S2/c1-24-18-11-13-20(14-12-18)26(22,23)21-17-9-7-16(8-10-17)15-25-19-5-3-2-4-6-19/h2-14,21H,15H2,1H3. The molecule has 0 saturated heterocycles. The molecule has 0 heterocycles. The minimum Gasteiger partial charge on any atom is -0.497 e. The Kier molecular flexibility index (Phi) is 5.85. The van der Waals surface area contributed by atoms with Crippen molar-refractivity contribution in [3.63, 3.8) is 0 Å². The van der Waals surface area contributed by atoms with Gasteiger partial charge in [0.15, 0.2) is 0 Å². The van der Waals surface area contributed by atoms with Crippen molar-refractivity contribution in [3.8, 4) is 5.75 Å². The number of thioether (sulfide) groups is 1. The quantitative estimate of drug-likeness (QED) is 0.594. The van der Waals surface area contributed by atoms with Crippen LogP contribution in [0.2, 0.25) is 0 Å². The molecule has 4 nitrogen and oxygen atoms in total. The van der Waals surface area contributed by atoms with Gasteiger partial charge in [0.05, 0.1) is 12.0 Å². The maximum Gasteiger partial charge on any atom is 0.261 e. The lowest BCUT2D eigenvalue weighted by atomic mass is 10.2. The SMILES string of the molecule is COc1ccc(S(=O)(=O)Nc2ccc(CSc3ccccc3)cc2)cc1. The molecule has 0 spiro atoms. The third kappa shape index (κ3) is 4.80. The van der Waals surface area contributed by atoms with Crippen LogP contribution in [0.3, 0.4) is 0 Å². The minimum atomic E-state index is -3.62. The molecule has 26 heavy (non-hydrogen) atoms. The topological polar surface area (TPSA) is 55.4 Å². The van der Waals surface area contributed by atoms with Crippen molar-refractivity contribution < 1.29 is 13.2 Å². The zero-order chi connectivity index (χ0) is 18.4. The zero-order valence-electron chi connectivity index (χ0n) is 14.3. The van der Waals surface area contributed by atoms with E-state index in [1.54, 1.807) is 43.1 Å². The minimum absolute atomic E-state index is 0.196. The van der Waals surface area contributed by atoms with Gasteiger partial charge in [-0.15, -0.1) is 11.8 Å². The Balaban J connectivity index is 1.64. The van der Waals surface area contributed by atoms with Crippen molar-refractivity contribution >= 4 is 27.5 Å². The van der Waals surface area contributed by atoms with E-state index >= 15 is 0 Å². The molecule has 0 saturated carbocycles. The highest BCUT2D eigenvalue weighted by Gasteiger charge is 2.14. The molecule has 3 rings (SSSR count). The Morgan fingerprint density at radius 1 is 0.885 bits per heavy atom. The summed E-state index contributed by atoms with van der Waals surface area (Å²) in [6.45, 7) is 0. The van der Waals surface area contributed by atoms with Crippen LogP contribution in [0.25, 0.3) is 0 Å². The summed E-state index contributed by atoms with van der Waals surface area (Å²) < 4.78 is 32.5. The summed E-state index contributed by atoms with van der Waals surface area (Å²) in [7, 11) is -2.08. The Morgan fingerprint density at radius 3 is 2.15 bits per heavy atom. The average Bonchev–Trinajstić information content (AvgIpc) is 2.68. The number of sulfonamides is 1. The molecule has 3 aromatic carbocycles. The van der Waals surface area contributed by atoms with Gasteiger partial charge < -0.3 is 4.74 Å². The molecular formula is C20H19NO3S2. The maximum absolute atomic E-state index is 12.4. The second-order valence-corrected chi connectivity index (χ2v) is 8.31. The molecular weight excluding hydrogens is 366 g/mol. The second kappa shape index (κ2) is 8.29. The monoisotopic (exact) mass is 385 g/mol. The summed E-state index contributed by atoms with van der Waals surface area (Å²) in [5, 5.41) is 0. The predicted molar refractivity (Wildman–Crippen MR) is 106 cm³/mol. The molecule has 0 fully saturated rings. The third-order valence-corrected chi connectivity index (χ3v) is 6.20. The largest absolute Gasteiger partial charge is 0.497 e. The highest BCUT2D eigenvalue weighted by Crippen LogP contribution is 2.24. The van der Waals surface area contributed by atoms with Gasteiger partial charge in [-0.25, -0.2) is 8.42 Å². The first-order chi connectivity index (χ1) is 12.6. The van der Waals surface area contributed by atoms with E-state index in [-0.39, 0.29) is 4.90 Å². The molecule has 3 aromatic rings. The van der Waals surface area contributed by atoms with Gasteiger partial charge in [-0.2, -0.15) is 0 Å². The predicted octanol–water partition coefficient (Wildman–Crippen LogP) is 4.79. The van der Waals surface area contributed by atoms with Crippen molar-refractivity contribution in [2.75, 3.05) is 11.8 Å². The van der Waals surface area contributed by atoms with Gasteiger partial charge in [0.25, 0.3) is 10.0 Å². The number of benzene rings is 3. The van der Waals surface area contributed by atoms with Crippen molar-refractivity contribution in [1.29, 1.82) is 0 Å². The van der Waals surface area contributed by atoms with Crippen LogP contribution in [0, 0.1) is 0 Å². The van der Waals surface area contributed by atoms with Crippen molar-refractivity contribution in [2.45, 2.75) is 15.5 Å². The lowest BCUT2D eigenvalue weighted by Crippen LogP contribution is -2.12. The van der Waals surface area contributed by atoms with E-state index in [0.29, 0.717) is 11.4 Å². The average molecular weight is 386 g/mol. The lowest BCUT2D eigenvalue weighted by Gasteiger charge is -2.09. The fourth-order valence-corrected chi connectivity index (χ4v) is 4.26. The van der Waals surface area contributed by atoms with E-state index in [1.165, 1.54) is 17.0 Å². The van der Waals surface area contributed by atoms with Crippen molar-refractivity contribution in [1.82, 2.24) is 0 Å². The van der Waals surface area contributed by atoms with Crippen molar-refractivity contribution in [2.24, 2.45) is 0 Å². The Labute approximate surface area is 158 Å². The van der Waals surface area contributed by atoms with E-state index in [9.17, 15) is 8.42 Å². The smallest absolute Gasteiger partial charge is 0.261 e. The van der Waals surface area contributed by atoms with Gasteiger partial charge in [-0.3, -0.25) is 4.72 Å². The van der Waals surface area contributed by atoms with Crippen molar-refractivity contribution in [3.05, 3.63) is 84.4 Å². The molecule has 0 aromatic heterocycles. The summed E-state index contributed by atoms with van der Waals surface area (Å²) >= 11 is 1.74. The number of rotatable bonds is 7. The third-order valence-electron chi connectivity index (χ3n) is 3.72. The van der Waals surface area contributed by atoms with Gasteiger partial charge in [0.2, 0.25) is 0 Å². The lowest BCUT2D eigenvalue weighted by molar-refractivity contribution is 0.414. The Morgan fingerprint density at radius 2 is 1.54 bits per heavy atom. The molecule has 0 bridgehead atoms. The van der Waals surface area contributed by atoms with Crippen LogP contribution in [-0.4, -0.2) is 15.5 Å². The van der Waals surface area contributed by atoms with Gasteiger partial charge in [0, 0.05) is 16.3 Å². The van der Waals surface area contributed by atoms with Crippen LogP contribution < -0.4 is 9.46 Å². The molecule has 0 radical (unpaired) electrons. The van der Waals surface area contributed by atoms with Crippen LogP contribution in [-0.2, 0) is 15.8 Å². The zero-order valence-corrected chi connectivity index (χ0v) is 15.9. The molecule has 0 aliphatic rings. The second-order valence-electron chi connectivity index (χ2n) is 5.58. The molecule has 1 N–H and O–H groups in total. The van der Waals surface area contributed by atoms with Gasteiger partial charge in [0.1, 0.15) is 5.75 Å². The summed E-state index contributed by atoms with van der Waals surface area (Å²) in [5.41, 5.74) is 1.67. The first-order valence-corrected chi connectivity index (χ1v) is 10.5. The van der Waals surface area contributed by atoms with Crippen LogP contribution in [0.5, 0.6) is 5.75 Å². The fourth-order valence-electron chi connectivity index (χ4n) is 2.32. The number of anilines is 1. The van der Waals surface area contributed by atoms with E-state index in [4.69, 9.17) is 4.74 Å². The van der Waals surface area contributed by atoms with Crippen LogP contribution >= 0.6 is 11.8 Å². The first-order valence-electron chi connectivity index (χ1n) is 8.00.